The van der Waals surface area contributed by atoms with Crippen LogP contribution in [0.3, 0.4) is 0 Å². The summed E-state index contributed by atoms with van der Waals surface area (Å²) in [6, 6.07) is 7.55. The number of anilines is 2. The van der Waals surface area contributed by atoms with Crippen molar-refractivity contribution in [2.75, 3.05) is 17.2 Å². The molecule has 1 aromatic carbocycles. The van der Waals surface area contributed by atoms with Gasteiger partial charge in [-0.1, -0.05) is 38.4 Å². The number of aryl methyl sites for hydroxylation is 1. The summed E-state index contributed by atoms with van der Waals surface area (Å²) < 4.78 is 55.4. The van der Waals surface area contributed by atoms with E-state index in [1.807, 2.05) is 0 Å². The van der Waals surface area contributed by atoms with E-state index in [1.165, 1.54) is 24.5 Å². The SMILES string of the molecule is Cc1nc(F)ccc1C(Nc1cc(Cl)c2ncc(C#N)c(NCC(C)(C)C)c2c1)C1=CN(C2(C(F)(F)F)CC2)NN1. The summed E-state index contributed by atoms with van der Waals surface area (Å²) in [5.74, 6) is -0.675. The first-order valence-corrected chi connectivity index (χ1v) is 13.4. The predicted octanol–water partition coefficient (Wildman–Crippen LogP) is 6.47. The molecule has 1 aliphatic heterocycles. The highest BCUT2D eigenvalue weighted by Gasteiger charge is 2.67. The van der Waals surface area contributed by atoms with Crippen LogP contribution in [-0.4, -0.2) is 33.2 Å². The van der Waals surface area contributed by atoms with Crippen molar-refractivity contribution in [2.24, 2.45) is 5.41 Å². The summed E-state index contributed by atoms with van der Waals surface area (Å²) in [5, 5.41) is 18.4. The van der Waals surface area contributed by atoms with Gasteiger partial charge in [0.1, 0.15) is 6.07 Å². The summed E-state index contributed by atoms with van der Waals surface area (Å²) in [5.41, 5.74) is 6.56. The minimum absolute atomic E-state index is 0.0387. The molecule has 1 unspecified atom stereocenters. The van der Waals surface area contributed by atoms with Crippen molar-refractivity contribution in [2.45, 2.75) is 58.3 Å². The van der Waals surface area contributed by atoms with E-state index in [0.717, 1.165) is 5.01 Å². The van der Waals surface area contributed by atoms with E-state index in [1.54, 1.807) is 19.1 Å². The molecule has 0 radical (unpaired) electrons. The number of halogens is 5. The van der Waals surface area contributed by atoms with Crippen LogP contribution in [0.25, 0.3) is 10.9 Å². The highest BCUT2D eigenvalue weighted by atomic mass is 35.5. The van der Waals surface area contributed by atoms with Gasteiger partial charge < -0.3 is 16.1 Å². The van der Waals surface area contributed by atoms with E-state index in [2.05, 4.69) is 58.4 Å². The van der Waals surface area contributed by atoms with E-state index in [-0.39, 0.29) is 18.3 Å². The molecule has 1 atom stereocenters. The van der Waals surface area contributed by atoms with Crippen LogP contribution in [0.4, 0.5) is 28.9 Å². The average Bonchev–Trinajstić information content (AvgIpc) is 3.57. The van der Waals surface area contributed by atoms with E-state index >= 15 is 0 Å². The third-order valence-corrected chi connectivity index (χ3v) is 7.46. The van der Waals surface area contributed by atoms with Crippen LogP contribution < -0.4 is 21.6 Å². The second-order valence-corrected chi connectivity index (χ2v) is 11.9. The number of rotatable bonds is 7. The topological polar surface area (TPSA) is 101 Å². The van der Waals surface area contributed by atoms with Crippen molar-refractivity contribution in [3.8, 4) is 6.07 Å². The smallest absolute Gasteiger partial charge is 0.383 e. The lowest BCUT2D eigenvalue weighted by molar-refractivity contribution is -0.195. The first kappa shape index (κ1) is 28.7. The second-order valence-electron chi connectivity index (χ2n) is 11.5. The Morgan fingerprint density at radius 1 is 1.22 bits per heavy atom. The number of hydrogen-bond donors (Lipinski definition) is 4. The van der Waals surface area contributed by atoms with Crippen molar-refractivity contribution in [3.63, 3.8) is 0 Å². The first-order chi connectivity index (χ1) is 19.2. The molecule has 8 nitrogen and oxygen atoms in total. The van der Waals surface area contributed by atoms with Crippen LogP contribution in [0.5, 0.6) is 0 Å². The average molecular weight is 589 g/mol. The van der Waals surface area contributed by atoms with Gasteiger partial charge in [-0.3, -0.25) is 9.99 Å². The third-order valence-electron chi connectivity index (χ3n) is 7.17. The van der Waals surface area contributed by atoms with Crippen molar-refractivity contribution < 1.29 is 17.6 Å². The van der Waals surface area contributed by atoms with Crippen LogP contribution in [0.2, 0.25) is 5.02 Å². The maximum absolute atomic E-state index is 13.9. The Balaban J connectivity index is 1.58. The molecular weight excluding hydrogens is 560 g/mol. The summed E-state index contributed by atoms with van der Waals surface area (Å²) in [7, 11) is 0. The first-order valence-electron chi connectivity index (χ1n) is 13.0. The Morgan fingerprint density at radius 2 is 1.95 bits per heavy atom. The summed E-state index contributed by atoms with van der Waals surface area (Å²) >= 11 is 6.65. The number of benzene rings is 1. The predicted molar refractivity (Wildman–Crippen MR) is 149 cm³/mol. The minimum Gasteiger partial charge on any atom is -0.383 e. The molecule has 1 aliphatic carbocycles. The van der Waals surface area contributed by atoms with Gasteiger partial charge in [-0.15, -0.1) is 5.53 Å². The molecular formula is C28H29ClF4N8. The zero-order chi connectivity index (χ0) is 29.7. The Morgan fingerprint density at radius 3 is 2.56 bits per heavy atom. The maximum atomic E-state index is 13.9. The van der Waals surface area contributed by atoms with Gasteiger partial charge in [0.2, 0.25) is 5.95 Å². The monoisotopic (exact) mass is 588 g/mol. The quantitative estimate of drug-likeness (QED) is 0.184. The second kappa shape index (κ2) is 10.2. The summed E-state index contributed by atoms with van der Waals surface area (Å²) in [6.07, 6.45) is -1.68. The summed E-state index contributed by atoms with van der Waals surface area (Å²) in [6.45, 7) is 8.37. The van der Waals surface area contributed by atoms with E-state index in [4.69, 9.17) is 11.6 Å². The lowest BCUT2D eigenvalue weighted by Crippen LogP contribution is -2.52. The molecule has 4 N–H and O–H groups in total. The Labute approximate surface area is 239 Å². The molecule has 13 heteroatoms. The standard InChI is InChI=1S/C28H29ClF4N8/c1-15-18(5-6-22(30)37-15)25(21-13-41(40-39-21)27(7-8-27)28(31,32)33)38-17-9-19-23(36-14-26(2,3)4)16(11-34)12-35-24(19)20(29)10-17/h5-6,9-10,12-13,25,38-40H,7-8,14H2,1-4H3,(H,35,36). The van der Waals surface area contributed by atoms with Gasteiger partial charge in [0.15, 0.2) is 5.54 Å². The third kappa shape index (κ3) is 5.56. The molecule has 1 fully saturated rings. The van der Waals surface area contributed by atoms with Crippen LogP contribution in [0.1, 0.15) is 56.5 Å². The van der Waals surface area contributed by atoms with Crippen molar-refractivity contribution in [1.82, 2.24) is 25.9 Å². The molecule has 3 heterocycles. The zero-order valence-corrected chi connectivity index (χ0v) is 23.6. The van der Waals surface area contributed by atoms with Gasteiger partial charge in [0.05, 0.1) is 33.5 Å². The highest BCUT2D eigenvalue weighted by molar-refractivity contribution is 6.35. The van der Waals surface area contributed by atoms with E-state index < -0.39 is 23.7 Å². The van der Waals surface area contributed by atoms with E-state index in [0.29, 0.717) is 56.4 Å². The molecule has 0 amide bonds. The van der Waals surface area contributed by atoms with E-state index in [9.17, 15) is 22.8 Å². The van der Waals surface area contributed by atoms with Crippen LogP contribution >= 0.6 is 11.6 Å². The number of nitriles is 1. The lowest BCUT2D eigenvalue weighted by Gasteiger charge is -2.28. The van der Waals surface area contributed by atoms with Gasteiger partial charge >= 0.3 is 6.18 Å². The normalized spacial score (nSPS) is 17.1. The largest absolute Gasteiger partial charge is 0.413 e. The molecule has 3 aromatic rings. The Bertz CT molecular complexity index is 1570. The van der Waals surface area contributed by atoms with Gasteiger partial charge in [-0.2, -0.15) is 22.8 Å². The fourth-order valence-electron chi connectivity index (χ4n) is 4.79. The fraction of sp³-hybridized carbons (Fsp3) is 0.393. The number of aromatic nitrogens is 2. The van der Waals surface area contributed by atoms with Gasteiger partial charge in [-0.25, -0.2) is 4.98 Å². The number of hydrazine groups is 2. The fourth-order valence-corrected chi connectivity index (χ4v) is 5.06. The molecule has 216 valence electrons. The number of fused-ring (bicyclic) bond motifs is 1. The molecule has 2 aliphatic rings. The number of alkyl halides is 3. The number of pyridine rings is 2. The highest BCUT2D eigenvalue weighted by Crippen LogP contribution is 2.53. The van der Waals surface area contributed by atoms with Crippen molar-refractivity contribution >= 4 is 33.9 Å². The zero-order valence-electron chi connectivity index (χ0n) is 22.8. The molecule has 0 bridgehead atoms. The number of hydrogen-bond acceptors (Lipinski definition) is 8. The van der Waals surface area contributed by atoms with Crippen LogP contribution in [0, 0.1) is 29.6 Å². The molecule has 0 spiro atoms. The number of nitrogens with zero attached hydrogens (tertiary/aromatic N) is 4. The molecule has 0 saturated heterocycles. The maximum Gasteiger partial charge on any atom is 0.413 e. The van der Waals surface area contributed by atoms with Crippen LogP contribution in [0.15, 0.2) is 42.4 Å². The van der Waals surface area contributed by atoms with Gasteiger partial charge in [0, 0.05) is 41.3 Å². The Kier molecular flexibility index (Phi) is 7.16. The van der Waals surface area contributed by atoms with Gasteiger partial charge in [0.25, 0.3) is 0 Å². The van der Waals surface area contributed by atoms with Crippen molar-refractivity contribution in [3.05, 3.63) is 70.2 Å². The molecule has 5 rings (SSSR count). The number of nitrogens with one attached hydrogen (secondary N) is 4. The lowest BCUT2D eigenvalue weighted by atomic mass is 9.96. The minimum atomic E-state index is -4.43. The molecule has 2 aromatic heterocycles. The van der Waals surface area contributed by atoms with Crippen molar-refractivity contribution in [1.29, 1.82) is 5.26 Å². The van der Waals surface area contributed by atoms with Gasteiger partial charge in [-0.05, 0) is 43.4 Å². The van der Waals surface area contributed by atoms with Crippen LogP contribution in [-0.2, 0) is 0 Å². The molecule has 1 saturated carbocycles. The Hall–Kier alpha value is -3.82. The molecule has 41 heavy (non-hydrogen) atoms. The summed E-state index contributed by atoms with van der Waals surface area (Å²) in [4.78, 5) is 8.30.